The van der Waals surface area contributed by atoms with Crippen LogP contribution in [0.25, 0.3) is 0 Å². The molecule has 4 rings (SSSR count). The monoisotopic (exact) mass is 168 g/mol. The summed E-state index contributed by atoms with van der Waals surface area (Å²) >= 11 is 0. The van der Waals surface area contributed by atoms with Crippen LogP contribution < -0.4 is 0 Å². The Bertz CT molecular complexity index is 198. The summed E-state index contributed by atoms with van der Waals surface area (Å²) in [6, 6.07) is 0. The molecule has 68 valence electrons. The third-order valence-corrected chi connectivity index (χ3v) is 4.19. The maximum absolute atomic E-state index is 10.1. The second-order valence-electron chi connectivity index (χ2n) is 5.18. The van der Waals surface area contributed by atoms with Crippen LogP contribution in [0, 0.1) is 17.8 Å². The summed E-state index contributed by atoms with van der Waals surface area (Å²) in [4.78, 5) is 0. The van der Waals surface area contributed by atoms with E-state index in [0.717, 1.165) is 25.2 Å². The van der Waals surface area contributed by atoms with Gasteiger partial charge in [-0.15, -0.1) is 0 Å². The molecule has 0 spiro atoms. The van der Waals surface area contributed by atoms with Gasteiger partial charge in [-0.2, -0.15) is 0 Å². The maximum atomic E-state index is 10.1. The van der Waals surface area contributed by atoms with Crippen LogP contribution in [-0.2, 0) is 0 Å². The van der Waals surface area contributed by atoms with E-state index in [-0.39, 0.29) is 11.7 Å². The number of hydrogen-bond donors (Lipinski definition) is 2. The van der Waals surface area contributed by atoms with Crippen molar-refractivity contribution in [1.29, 1.82) is 0 Å². The average molecular weight is 168 g/mol. The highest BCUT2D eigenvalue weighted by Gasteiger charge is 2.54. The lowest BCUT2D eigenvalue weighted by atomic mass is 9.53. The lowest BCUT2D eigenvalue weighted by Gasteiger charge is -2.56. The van der Waals surface area contributed by atoms with Gasteiger partial charge in [0, 0.05) is 0 Å². The molecule has 0 amide bonds. The van der Waals surface area contributed by atoms with E-state index in [1.165, 1.54) is 12.8 Å². The lowest BCUT2D eigenvalue weighted by Crippen LogP contribution is -2.56. The zero-order chi connectivity index (χ0) is 8.34. The summed E-state index contributed by atoms with van der Waals surface area (Å²) in [6.45, 7) is 0. The summed E-state index contributed by atoms with van der Waals surface area (Å²) in [7, 11) is 0. The van der Waals surface area contributed by atoms with E-state index < -0.39 is 0 Å². The molecule has 4 aliphatic rings. The minimum absolute atomic E-state index is 0.0955. The van der Waals surface area contributed by atoms with Gasteiger partial charge in [0.25, 0.3) is 0 Å². The number of aliphatic hydroxyl groups excluding tert-OH is 1. The first-order valence-corrected chi connectivity index (χ1v) is 5.07. The first-order chi connectivity index (χ1) is 5.66. The second-order valence-corrected chi connectivity index (χ2v) is 5.18. The third-order valence-electron chi connectivity index (χ3n) is 4.19. The molecular weight excluding hydrogens is 152 g/mol. The van der Waals surface area contributed by atoms with Gasteiger partial charge in [-0.3, -0.25) is 0 Å². The van der Waals surface area contributed by atoms with Crippen molar-refractivity contribution in [3.8, 4) is 0 Å². The summed E-state index contributed by atoms with van der Waals surface area (Å²) < 4.78 is 0. The standard InChI is InChI=1S/C10H16O2/c11-9-7-1-6-2-8(9)5-10(12,3-6)4-7/h6-9,11-12H,1-5H2/t6?,7-,8-,9?,10?/m0/s1. The molecule has 0 heterocycles. The highest BCUT2D eigenvalue weighted by molar-refractivity contribution is 5.05. The molecule has 0 aliphatic heterocycles. The van der Waals surface area contributed by atoms with Gasteiger partial charge in [-0.25, -0.2) is 0 Å². The first-order valence-electron chi connectivity index (χ1n) is 5.07. The lowest BCUT2D eigenvalue weighted by molar-refractivity contribution is -0.175. The molecule has 0 aromatic heterocycles. The van der Waals surface area contributed by atoms with E-state index in [1.807, 2.05) is 0 Å². The molecule has 0 unspecified atom stereocenters. The van der Waals surface area contributed by atoms with Gasteiger partial charge in [0.05, 0.1) is 11.7 Å². The summed E-state index contributed by atoms with van der Waals surface area (Å²) in [6.07, 6.45) is 4.97. The van der Waals surface area contributed by atoms with Gasteiger partial charge >= 0.3 is 0 Å². The highest BCUT2D eigenvalue weighted by Crippen LogP contribution is 2.55. The Morgan fingerprint density at radius 3 is 2.08 bits per heavy atom. The van der Waals surface area contributed by atoms with Crippen molar-refractivity contribution in [3.05, 3.63) is 0 Å². The fourth-order valence-electron chi connectivity index (χ4n) is 3.95. The van der Waals surface area contributed by atoms with Crippen molar-refractivity contribution in [3.63, 3.8) is 0 Å². The molecule has 0 aromatic carbocycles. The van der Waals surface area contributed by atoms with Crippen LogP contribution in [0.4, 0.5) is 0 Å². The molecule has 4 bridgehead atoms. The Morgan fingerprint density at radius 2 is 1.58 bits per heavy atom. The van der Waals surface area contributed by atoms with Crippen molar-refractivity contribution in [2.75, 3.05) is 0 Å². The van der Waals surface area contributed by atoms with E-state index >= 15 is 0 Å². The molecule has 2 atom stereocenters. The fourth-order valence-corrected chi connectivity index (χ4v) is 3.95. The van der Waals surface area contributed by atoms with Crippen molar-refractivity contribution in [2.45, 2.75) is 43.8 Å². The quantitative estimate of drug-likeness (QED) is 0.564. The SMILES string of the molecule is OC1[C@H]2CC3C[C@H]1CC(O)(C3)C2. The van der Waals surface area contributed by atoms with Gasteiger partial charge in [-0.1, -0.05) is 0 Å². The van der Waals surface area contributed by atoms with Crippen molar-refractivity contribution >= 4 is 0 Å². The maximum Gasteiger partial charge on any atom is 0.0657 e. The van der Waals surface area contributed by atoms with Gasteiger partial charge < -0.3 is 10.2 Å². The molecule has 0 radical (unpaired) electrons. The molecule has 4 saturated carbocycles. The molecule has 0 saturated heterocycles. The van der Waals surface area contributed by atoms with Crippen molar-refractivity contribution in [1.82, 2.24) is 0 Å². The van der Waals surface area contributed by atoms with Gasteiger partial charge in [0.2, 0.25) is 0 Å². The Balaban J connectivity index is 1.95. The summed E-state index contributed by atoms with van der Waals surface area (Å²) in [5, 5.41) is 19.9. The van der Waals surface area contributed by atoms with Crippen LogP contribution in [0.3, 0.4) is 0 Å². The molecule has 0 aromatic rings. The van der Waals surface area contributed by atoms with Gasteiger partial charge in [0.15, 0.2) is 0 Å². The Morgan fingerprint density at radius 1 is 1.00 bits per heavy atom. The van der Waals surface area contributed by atoms with Crippen molar-refractivity contribution < 1.29 is 10.2 Å². The minimum atomic E-state index is -0.379. The molecule has 2 N–H and O–H groups in total. The molecule has 2 nitrogen and oxygen atoms in total. The number of hydrogen-bond acceptors (Lipinski definition) is 2. The fraction of sp³-hybridized carbons (Fsp3) is 1.00. The van der Waals surface area contributed by atoms with Gasteiger partial charge in [0.1, 0.15) is 0 Å². The predicted molar refractivity (Wildman–Crippen MR) is 44.5 cm³/mol. The largest absolute Gasteiger partial charge is 0.393 e. The minimum Gasteiger partial charge on any atom is -0.393 e. The third kappa shape index (κ3) is 0.826. The van der Waals surface area contributed by atoms with Crippen LogP contribution in [0.15, 0.2) is 0 Å². The smallest absolute Gasteiger partial charge is 0.0657 e. The average Bonchev–Trinajstić information content (AvgIpc) is 1.96. The van der Waals surface area contributed by atoms with Crippen LogP contribution in [-0.4, -0.2) is 21.9 Å². The van der Waals surface area contributed by atoms with Crippen LogP contribution in [0.2, 0.25) is 0 Å². The van der Waals surface area contributed by atoms with E-state index in [9.17, 15) is 10.2 Å². The van der Waals surface area contributed by atoms with E-state index in [2.05, 4.69) is 0 Å². The highest BCUT2D eigenvalue weighted by atomic mass is 16.3. The number of aliphatic hydroxyl groups is 2. The molecule has 12 heavy (non-hydrogen) atoms. The zero-order valence-corrected chi connectivity index (χ0v) is 7.24. The molecular formula is C10H16O2. The molecule has 4 fully saturated rings. The number of rotatable bonds is 0. The topological polar surface area (TPSA) is 40.5 Å². The van der Waals surface area contributed by atoms with Crippen LogP contribution in [0.1, 0.15) is 32.1 Å². The van der Waals surface area contributed by atoms with E-state index in [4.69, 9.17) is 0 Å². The summed E-state index contributed by atoms with van der Waals surface area (Å²) in [5.41, 5.74) is -0.379. The first kappa shape index (κ1) is 7.34. The zero-order valence-electron chi connectivity index (χ0n) is 7.24. The van der Waals surface area contributed by atoms with Gasteiger partial charge in [-0.05, 0) is 49.9 Å². The Hall–Kier alpha value is -0.0800. The Kier molecular flexibility index (Phi) is 1.25. The van der Waals surface area contributed by atoms with E-state index in [1.54, 1.807) is 0 Å². The predicted octanol–water partition coefficient (Wildman–Crippen LogP) is 0.918. The van der Waals surface area contributed by atoms with Crippen molar-refractivity contribution in [2.24, 2.45) is 17.8 Å². The van der Waals surface area contributed by atoms with Crippen LogP contribution >= 0.6 is 0 Å². The normalized spacial score (nSPS) is 62.5. The molecule has 2 heteroatoms. The Labute approximate surface area is 72.6 Å². The second kappa shape index (κ2) is 2.05. The van der Waals surface area contributed by atoms with E-state index in [0.29, 0.717) is 11.8 Å². The van der Waals surface area contributed by atoms with Crippen LogP contribution in [0.5, 0.6) is 0 Å². The summed E-state index contributed by atoms with van der Waals surface area (Å²) in [5.74, 6) is 1.55. The molecule has 4 aliphatic carbocycles.